The number of guanidine groups is 1. The molecule has 0 aliphatic heterocycles. The Morgan fingerprint density at radius 1 is 1.13 bits per heavy atom. The number of halogens is 1. The summed E-state index contributed by atoms with van der Waals surface area (Å²) < 4.78 is 15.7. The topological polar surface area (TPSA) is 54.2 Å². The minimum absolute atomic E-state index is 0.206. The van der Waals surface area contributed by atoms with Gasteiger partial charge in [-0.05, 0) is 42.0 Å². The van der Waals surface area contributed by atoms with E-state index in [4.69, 9.17) is 4.99 Å². The maximum atomic E-state index is 13.6. The smallest absolute Gasteiger partial charge is 0.191 e. The fraction of sp³-hybridized carbons (Fsp3) is 0.304. The Bertz CT molecular complexity index is 955. The number of nitrogens with zero attached hydrogens (tertiary/aromatic N) is 3. The largest absolute Gasteiger partial charge is 0.357 e. The van der Waals surface area contributed by atoms with Gasteiger partial charge in [0.1, 0.15) is 11.6 Å². The van der Waals surface area contributed by atoms with Crippen LogP contribution >= 0.6 is 11.8 Å². The Balaban J connectivity index is 1.66. The van der Waals surface area contributed by atoms with Crippen molar-refractivity contribution in [2.45, 2.75) is 32.3 Å². The number of nitrogens with one attached hydrogen (secondary N) is 2. The standard InChI is InChI=1S/C23H28FN5S/c1-3-25-23(27-14-19-9-10-21(24)13-20(19)17-30-2)28-15-22-26-11-12-29(22)16-18-7-5-4-6-8-18/h4-13H,3,14-17H2,1-2H3,(H2,25,27,28). The lowest BCUT2D eigenvalue weighted by Gasteiger charge is -2.13. The number of benzene rings is 2. The molecular weight excluding hydrogens is 397 g/mol. The first kappa shape index (κ1) is 21.9. The molecule has 0 spiro atoms. The molecule has 3 rings (SSSR count). The Labute approximate surface area is 181 Å². The number of rotatable bonds is 9. The maximum absolute atomic E-state index is 13.6. The predicted octanol–water partition coefficient (Wildman–Crippen LogP) is 4.19. The highest BCUT2D eigenvalue weighted by Gasteiger charge is 2.07. The van der Waals surface area contributed by atoms with Crippen molar-refractivity contribution in [2.24, 2.45) is 4.99 Å². The number of aromatic nitrogens is 2. The zero-order valence-corrected chi connectivity index (χ0v) is 18.3. The highest BCUT2D eigenvalue weighted by atomic mass is 32.2. The van der Waals surface area contributed by atoms with E-state index in [1.54, 1.807) is 17.8 Å². The van der Waals surface area contributed by atoms with Gasteiger partial charge < -0.3 is 15.2 Å². The molecule has 0 aliphatic carbocycles. The summed E-state index contributed by atoms with van der Waals surface area (Å²) in [4.78, 5) is 9.18. The summed E-state index contributed by atoms with van der Waals surface area (Å²) >= 11 is 1.68. The van der Waals surface area contributed by atoms with Gasteiger partial charge in [-0.1, -0.05) is 36.4 Å². The summed E-state index contributed by atoms with van der Waals surface area (Å²) in [5, 5.41) is 6.63. The van der Waals surface area contributed by atoms with Crippen molar-refractivity contribution in [3.8, 4) is 0 Å². The highest BCUT2D eigenvalue weighted by molar-refractivity contribution is 7.97. The second-order valence-corrected chi connectivity index (χ2v) is 7.72. The van der Waals surface area contributed by atoms with Crippen LogP contribution in [-0.4, -0.2) is 28.3 Å². The quantitative estimate of drug-likeness (QED) is 0.399. The molecule has 5 nitrogen and oxygen atoms in total. The predicted molar refractivity (Wildman–Crippen MR) is 123 cm³/mol. The van der Waals surface area contributed by atoms with Crippen molar-refractivity contribution in [3.63, 3.8) is 0 Å². The van der Waals surface area contributed by atoms with Crippen LogP contribution in [0.5, 0.6) is 0 Å². The lowest BCUT2D eigenvalue weighted by atomic mass is 10.1. The summed E-state index contributed by atoms with van der Waals surface area (Å²) in [5.74, 6) is 2.21. The molecule has 0 aliphatic rings. The van der Waals surface area contributed by atoms with Crippen molar-refractivity contribution in [2.75, 3.05) is 12.8 Å². The third-order valence-corrected chi connectivity index (χ3v) is 5.23. The van der Waals surface area contributed by atoms with Gasteiger partial charge >= 0.3 is 0 Å². The molecule has 2 aromatic carbocycles. The Morgan fingerprint density at radius 2 is 1.97 bits per heavy atom. The first-order chi connectivity index (χ1) is 14.7. The fourth-order valence-corrected chi connectivity index (χ4v) is 3.72. The average molecular weight is 426 g/mol. The van der Waals surface area contributed by atoms with E-state index in [2.05, 4.69) is 32.3 Å². The molecule has 2 N–H and O–H groups in total. The van der Waals surface area contributed by atoms with Crippen molar-refractivity contribution in [1.82, 2.24) is 20.2 Å². The zero-order valence-electron chi connectivity index (χ0n) is 17.4. The Morgan fingerprint density at radius 3 is 2.73 bits per heavy atom. The van der Waals surface area contributed by atoms with Crippen LogP contribution in [0.15, 0.2) is 65.9 Å². The van der Waals surface area contributed by atoms with Gasteiger partial charge in [0, 0.05) is 31.2 Å². The second-order valence-electron chi connectivity index (χ2n) is 6.85. The molecular formula is C23H28FN5S. The van der Waals surface area contributed by atoms with Gasteiger partial charge in [-0.15, -0.1) is 0 Å². The normalized spacial score (nSPS) is 11.5. The van der Waals surface area contributed by atoms with Crippen LogP contribution in [0.1, 0.15) is 29.4 Å². The van der Waals surface area contributed by atoms with Gasteiger partial charge in [0.15, 0.2) is 5.96 Å². The molecule has 3 aromatic rings. The second kappa shape index (κ2) is 11.4. The summed E-state index contributed by atoms with van der Waals surface area (Å²) in [6.45, 7) is 4.62. The van der Waals surface area contributed by atoms with Crippen LogP contribution in [0.25, 0.3) is 0 Å². The van der Waals surface area contributed by atoms with E-state index < -0.39 is 0 Å². The van der Waals surface area contributed by atoms with Crippen LogP contribution in [0.3, 0.4) is 0 Å². The molecule has 0 bridgehead atoms. The lowest BCUT2D eigenvalue weighted by molar-refractivity contribution is 0.625. The number of aliphatic imine (C=N–C) groups is 1. The lowest BCUT2D eigenvalue weighted by Crippen LogP contribution is -2.37. The van der Waals surface area contributed by atoms with Crippen LogP contribution in [0, 0.1) is 5.82 Å². The van der Waals surface area contributed by atoms with E-state index in [-0.39, 0.29) is 5.82 Å². The van der Waals surface area contributed by atoms with E-state index in [9.17, 15) is 4.39 Å². The molecule has 0 radical (unpaired) electrons. The molecule has 1 heterocycles. The van der Waals surface area contributed by atoms with Crippen molar-refractivity contribution in [1.29, 1.82) is 0 Å². The molecule has 0 atom stereocenters. The third-order valence-electron chi connectivity index (χ3n) is 4.63. The molecule has 0 saturated carbocycles. The van der Waals surface area contributed by atoms with Gasteiger partial charge in [-0.2, -0.15) is 11.8 Å². The molecule has 158 valence electrons. The van der Waals surface area contributed by atoms with E-state index in [1.807, 2.05) is 49.8 Å². The minimum atomic E-state index is -0.206. The molecule has 0 amide bonds. The Hall–Kier alpha value is -2.80. The minimum Gasteiger partial charge on any atom is -0.357 e. The van der Waals surface area contributed by atoms with Gasteiger partial charge in [-0.3, -0.25) is 0 Å². The van der Waals surface area contributed by atoms with Gasteiger partial charge in [0.05, 0.1) is 13.1 Å². The van der Waals surface area contributed by atoms with Crippen LogP contribution < -0.4 is 10.6 Å². The third kappa shape index (κ3) is 6.35. The van der Waals surface area contributed by atoms with Gasteiger partial charge in [0.2, 0.25) is 0 Å². The van der Waals surface area contributed by atoms with Crippen LogP contribution in [0.4, 0.5) is 4.39 Å². The molecule has 1 aromatic heterocycles. The summed E-state index contributed by atoms with van der Waals surface area (Å²) in [7, 11) is 0. The molecule has 7 heteroatoms. The monoisotopic (exact) mass is 425 g/mol. The van der Waals surface area contributed by atoms with Crippen LogP contribution in [-0.2, 0) is 25.4 Å². The fourth-order valence-electron chi connectivity index (χ4n) is 3.14. The number of thioether (sulfide) groups is 1. The zero-order chi connectivity index (χ0) is 21.2. The van der Waals surface area contributed by atoms with Crippen LogP contribution in [0.2, 0.25) is 0 Å². The number of imidazole rings is 1. The SMILES string of the molecule is CCNC(=NCc1ccc(F)cc1CSC)NCc1nccn1Cc1ccccc1. The Kier molecular flexibility index (Phi) is 8.32. The van der Waals surface area contributed by atoms with Crippen molar-refractivity contribution in [3.05, 3.63) is 89.3 Å². The average Bonchev–Trinajstić information content (AvgIpc) is 3.19. The maximum Gasteiger partial charge on any atom is 0.191 e. The summed E-state index contributed by atoms with van der Waals surface area (Å²) in [6.07, 6.45) is 5.82. The first-order valence-electron chi connectivity index (χ1n) is 10.0. The first-order valence-corrected chi connectivity index (χ1v) is 11.4. The highest BCUT2D eigenvalue weighted by Crippen LogP contribution is 2.17. The molecule has 30 heavy (non-hydrogen) atoms. The summed E-state index contributed by atoms with van der Waals surface area (Å²) in [5.41, 5.74) is 3.25. The van der Waals surface area contributed by atoms with Crippen molar-refractivity contribution >= 4 is 17.7 Å². The van der Waals surface area contributed by atoms with E-state index in [0.717, 1.165) is 35.8 Å². The number of hydrogen-bond acceptors (Lipinski definition) is 3. The van der Waals surface area contributed by atoms with E-state index in [1.165, 1.54) is 11.6 Å². The van der Waals surface area contributed by atoms with E-state index >= 15 is 0 Å². The molecule has 0 unspecified atom stereocenters. The van der Waals surface area contributed by atoms with Crippen molar-refractivity contribution < 1.29 is 4.39 Å². The van der Waals surface area contributed by atoms with Gasteiger partial charge in [0.25, 0.3) is 0 Å². The summed E-state index contributed by atoms with van der Waals surface area (Å²) in [6, 6.07) is 15.2. The van der Waals surface area contributed by atoms with E-state index in [0.29, 0.717) is 19.0 Å². The van der Waals surface area contributed by atoms with Gasteiger partial charge in [-0.25, -0.2) is 14.4 Å². The number of hydrogen-bond donors (Lipinski definition) is 2. The molecule has 0 fully saturated rings. The molecule has 0 saturated heterocycles.